The Morgan fingerprint density at radius 3 is 2.39 bits per heavy atom. The first kappa shape index (κ1) is 27.0. The average Bonchev–Trinajstić information content (AvgIpc) is 3.53. The third-order valence-corrected chi connectivity index (χ3v) is 7.85. The van der Waals surface area contributed by atoms with E-state index in [0.29, 0.717) is 32.6 Å². The maximum absolute atomic E-state index is 13.8. The van der Waals surface area contributed by atoms with E-state index in [0.717, 1.165) is 11.3 Å². The summed E-state index contributed by atoms with van der Waals surface area (Å²) in [6, 6.07) is 5.82. The van der Waals surface area contributed by atoms with Crippen LogP contribution in [0.2, 0.25) is 0 Å². The van der Waals surface area contributed by atoms with Crippen molar-refractivity contribution in [2.45, 2.75) is 26.8 Å². The van der Waals surface area contributed by atoms with Gasteiger partial charge < -0.3 is 14.6 Å². The number of esters is 1. The van der Waals surface area contributed by atoms with Gasteiger partial charge in [-0.3, -0.25) is 14.5 Å². The first-order valence-electron chi connectivity index (χ1n) is 11.5. The number of benzene rings is 1. The molecule has 2 aromatic heterocycles. The number of aliphatic hydroxyl groups excluding tert-OH is 1. The number of nitrogens with zero attached hydrogens (tertiary/aromatic N) is 3. The van der Waals surface area contributed by atoms with Crippen LogP contribution in [-0.2, 0) is 9.53 Å². The van der Waals surface area contributed by atoms with Crippen molar-refractivity contribution < 1.29 is 29.0 Å². The van der Waals surface area contributed by atoms with Gasteiger partial charge in [0.05, 0.1) is 26.8 Å². The van der Waals surface area contributed by atoms with Gasteiger partial charge in [-0.25, -0.2) is 14.8 Å². The summed E-state index contributed by atoms with van der Waals surface area (Å²) in [7, 11) is 0. The maximum atomic E-state index is 13.8. The molecule has 0 bridgehead atoms. The topological polar surface area (TPSA) is 119 Å². The molecule has 11 heteroatoms. The van der Waals surface area contributed by atoms with E-state index in [9.17, 15) is 19.5 Å². The van der Waals surface area contributed by atoms with Gasteiger partial charge in [0, 0.05) is 5.56 Å². The lowest BCUT2D eigenvalue weighted by Gasteiger charge is -2.26. The number of aryl methyl sites for hydroxylation is 3. The third-order valence-electron chi connectivity index (χ3n) is 5.64. The second-order valence-electron chi connectivity index (χ2n) is 8.25. The lowest BCUT2D eigenvalue weighted by Crippen LogP contribution is -2.31. The van der Waals surface area contributed by atoms with Crippen LogP contribution in [0.15, 0.2) is 60.9 Å². The van der Waals surface area contributed by atoms with E-state index in [-0.39, 0.29) is 28.8 Å². The number of para-hydroxylation sites is 1. The number of Topliss-reactive ketones (excluding diaryl/α,β-unsaturated/α-hetero) is 1. The molecule has 1 aliphatic heterocycles. The number of hydrogen-bond acceptors (Lipinski definition) is 10. The van der Waals surface area contributed by atoms with Gasteiger partial charge in [0.25, 0.3) is 5.91 Å². The fraction of sp³-hybridized carbons (Fsp3) is 0.222. The Hall–Kier alpha value is -4.09. The van der Waals surface area contributed by atoms with Gasteiger partial charge >= 0.3 is 5.97 Å². The first-order valence-corrected chi connectivity index (χ1v) is 13.2. The molecule has 0 aliphatic carbocycles. The van der Waals surface area contributed by atoms with Crippen LogP contribution in [0.1, 0.15) is 47.3 Å². The van der Waals surface area contributed by atoms with Gasteiger partial charge in [-0.1, -0.05) is 54.8 Å². The minimum absolute atomic E-state index is 0.0133. The highest BCUT2D eigenvalue weighted by atomic mass is 32.1. The van der Waals surface area contributed by atoms with Crippen LogP contribution in [-0.4, -0.2) is 45.9 Å². The quantitative estimate of drug-likeness (QED) is 0.207. The van der Waals surface area contributed by atoms with Gasteiger partial charge in [-0.05, 0) is 26.8 Å². The molecule has 3 aromatic rings. The number of anilines is 1. The van der Waals surface area contributed by atoms with Crippen LogP contribution in [0.3, 0.4) is 0 Å². The Morgan fingerprint density at radius 1 is 1.05 bits per heavy atom. The summed E-state index contributed by atoms with van der Waals surface area (Å²) >= 11 is 2.11. The predicted octanol–water partition coefficient (Wildman–Crippen LogP) is 5.22. The molecule has 0 saturated carbocycles. The molecule has 1 unspecified atom stereocenters. The van der Waals surface area contributed by atoms with Crippen molar-refractivity contribution >= 4 is 45.5 Å². The molecule has 1 amide bonds. The Bertz CT molecular complexity index is 1490. The number of hydrogen-bond donors (Lipinski definition) is 1. The largest absolute Gasteiger partial charge is 0.503 e. The number of amides is 1. The fourth-order valence-electron chi connectivity index (χ4n) is 4.05. The second-order valence-corrected chi connectivity index (χ2v) is 10.4. The van der Waals surface area contributed by atoms with E-state index in [2.05, 4.69) is 23.1 Å². The zero-order valence-electron chi connectivity index (χ0n) is 21.0. The number of carbonyl (C=O) groups is 3. The molecule has 3 heterocycles. The Balaban J connectivity index is 1.89. The molecule has 0 radical (unpaired) electrons. The van der Waals surface area contributed by atoms with Gasteiger partial charge in [0.2, 0.25) is 5.78 Å². The predicted molar refractivity (Wildman–Crippen MR) is 145 cm³/mol. The maximum Gasteiger partial charge on any atom is 0.350 e. The summed E-state index contributed by atoms with van der Waals surface area (Å²) in [4.78, 5) is 50.4. The normalized spacial score (nSPS) is 15.1. The lowest BCUT2D eigenvalue weighted by atomic mass is 9.94. The summed E-state index contributed by atoms with van der Waals surface area (Å²) in [5.74, 6) is -2.27. The molecule has 0 spiro atoms. The van der Waals surface area contributed by atoms with E-state index in [1.54, 1.807) is 51.1 Å². The summed E-state index contributed by atoms with van der Waals surface area (Å²) in [5, 5.41) is 11.9. The Kier molecular flexibility index (Phi) is 7.88. The minimum atomic E-state index is -1.08. The van der Waals surface area contributed by atoms with Crippen LogP contribution in [0.4, 0.5) is 5.13 Å². The third kappa shape index (κ3) is 4.90. The van der Waals surface area contributed by atoms with Crippen LogP contribution >= 0.6 is 22.7 Å². The number of aromatic nitrogens is 2. The molecular weight excluding hydrogens is 526 g/mol. The van der Waals surface area contributed by atoms with Crippen LogP contribution in [0.5, 0.6) is 5.75 Å². The number of thiazole rings is 2. The van der Waals surface area contributed by atoms with E-state index in [1.165, 1.54) is 22.3 Å². The van der Waals surface area contributed by atoms with E-state index >= 15 is 0 Å². The van der Waals surface area contributed by atoms with Crippen molar-refractivity contribution in [1.82, 2.24) is 9.97 Å². The standard InChI is InChI=1S/C27H25N3O6S2/c1-6-12-35-18-11-9-8-10-17(18)20-19(21(31)23-14(3)28-16(5)37-23)22(32)25(33)30(20)27-29-15(4)24(38-27)26(34)36-13-7-2/h6-11,20,32H,1-2,12-13H2,3-5H3. The molecule has 1 N–H and O–H groups in total. The number of carbonyl (C=O) groups excluding carboxylic acids is 3. The lowest BCUT2D eigenvalue weighted by molar-refractivity contribution is -0.117. The molecule has 4 rings (SSSR count). The number of ketones is 1. The van der Waals surface area contributed by atoms with E-state index in [1.807, 2.05) is 0 Å². The molecule has 0 saturated heterocycles. The van der Waals surface area contributed by atoms with Crippen molar-refractivity contribution in [3.05, 3.63) is 92.6 Å². The van der Waals surface area contributed by atoms with Crippen molar-refractivity contribution in [3.8, 4) is 5.75 Å². The van der Waals surface area contributed by atoms with Gasteiger partial charge in [0.1, 0.15) is 29.9 Å². The van der Waals surface area contributed by atoms with Crippen LogP contribution in [0, 0.1) is 20.8 Å². The smallest absolute Gasteiger partial charge is 0.350 e. The van der Waals surface area contributed by atoms with Crippen LogP contribution < -0.4 is 9.64 Å². The molecule has 1 aromatic carbocycles. The molecule has 1 aliphatic rings. The summed E-state index contributed by atoms with van der Waals surface area (Å²) in [6.07, 6.45) is 3.01. The molecular formula is C27H25N3O6S2. The van der Waals surface area contributed by atoms with Crippen molar-refractivity contribution in [2.75, 3.05) is 18.1 Å². The molecule has 9 nitrogen and oxygen atoms in total. The zero-order chi connectivity index (χ0) is 27.6. The Labute approximate surface area is 227 Å². The molecule has 196 valence electrons. The van der Waals surface area contributed by atoms with E-state index in [4.69, 9.17) is 9.47 Å². The Morgan fingerprint density at radius 2 is 1.74 bits per heavy atom. The molecule has 0 fully saturated rings. The average molecular weight is 552 g/mol. The molecule has 38 heavy (non-hydrogen) atoms. The summed E-state index contributed by atoms with van der Waals surface area (Å²) < 4.78 is 11.0. The highest BCUT2D eigenvalue weighted by molar-refractivity contribution is 7.17. The summed E-state index contributed by atoms with van der Waals surface area (Å²) in [6.45, 7) is 12.5. The number of aliphatic hydroxyl groups is 1. The fourth-order valence-corrected chi connectivity index (χ4v) is 5.92. The van der Waals surface area contributed by atoms with Gasteiger partial charge in [0.15, 0.2) is 10.9 Å². The van der Waals surface area contributed by atoms with Gasteiger partial charge in [-0.2, -0.15) is 0 Å². The van der Waals surface area contributed by atoms with E-state index < -0.39 is 29.5 Å². The molecule has 1 atom stereocenters. The SMILES string of the molecule is C=CCOC(=O)c1sc(N2C(=O)C(O)=C(C(=O)c3sc(C)nc3C)C2c2ccccc2OCC=C)nc1C. The minimum Gasteiger partial charge on any atom is -0.503 e. The number of ether oxygens (including phenoxy) is 2. The van der Waals surface area contributed by atoms with Gasteiger partial charge in [-0.15, -0.1) is 11.3 Å². The van der Waals surface area contributed by atoms with Crippen molar-refractivity contribution in [1.29, 1.82) is 0 Å². The summed E-state index contributed by atoms with van der Waals surface area (Å²) in [5.41, 5.74) is 1.17. The zero-order valence-corrected chi connectivity index (χ0v) is 22.6. The van der Waals surface area contributed by atoms with Crippen molar-refractivity contribution in [3.63, 3.8) is 0 Å². The second kappa shape index (κ2) is 11.1. The number of rotatable bonds is 10. The van der Waals surface area contributed by atoms with Crippen LogP contribution in [0.25, 0.3) is 0 Å². The highest BCUT2D eigenvalue weighted by Gasteiger charge is 2.47. The monoisotopic (exact) mass is 551 g/mol. The van der Waals surface area contributed by atoms with Crippen molar-refractivity contribution in [2.24, 2.45) is 0 Å². The highest BCUT2D eigenvalue weighted by Crippen LogP contribution is 2.46. The first-order chi connectivity index (χ1) is 18.2.